The predicted molar refractivity (Wildman–Crippen MR) is 90.8 cm³/mol. The molecule has 1 saturated heterocycles. The lowest BCUT2D eigenvalue weighted by atomic mass is 9.73. The number of carbonyl (C=O) groups is 3. The quantitative estimate of drug-likeness (QED) is 0.682. The van der Waals surface area contributed by atoms with Crippen LogP contribution in [0.25, 0.3) is 0 Å². The highest BCUT2D eigenvalue weighted by molar-refractivity contribution is 6.11. The van der Waals surface area contributed by atoms with Crippen LogP contribution in [0.5, 0.6) is 0 Å². The first-order chi connectivity index (χ1) is 11.5. The summed E-state index contributed by atoms with van der Waals surface area (Å²) in [7, 11) is 0. The number of hydrogen-bond acceptors (Lipinski definition) is 3. The minimum Gasteiger partial charge on any atom is -0.323 e. The Hall–Kier alpha value is -2.17. The summed E-state index contributed by atoms with van der Waals surface area (Å²) in [4.78, 5) is 38.7. The molecule has 1 aromatic carbocycles. The van der Waals surface area contributed by atoms with Gasteiger partial charge in [-0.15, -0.1) is 0 Å². The molecule has 1 aromatic rings. The smallest absolute Gasteiger partial charge is 0.323 e. The Morgan fingerprint density at radius 1 is 1.25 bits per heavy atom. The highest BCUT2D eigenvalue weighted by atomic mass is 16.2. The average molecular weight is 328 g/mol. The van der Waals surface area contributed by atoms with Crippen molar-refractivity contribution < 1.29 is 14.4 Å². The molecule has 1 N–H and O–H groups in total. The summed E-state index contributed by atoms with van der Waals surface area (Å²) in [5.74, 6) is -0.341. The zero-order valence-corrected chi connectivity index (χ0v) is 14.3. The SMILES string of the molecule is CCc1ccc(C(=O)CN2C(=O)N[C@@]3(CCCC[C@@H]3C)C2=O)cc1. The summed E-state index contributed by atoms with van der Waals surface area (Å²) in [5, 5.41) is 2.88. The Bertz CT molecular complexity index is 668. The van der Waals surface area contributed by atoms with Crippen LogP contribution in [0, 0.1) is 5.92 Å². The fourth-order valence-corrected chi connectivity index (χ4v) is 3.80. The second-order valence-corrected chi connectivity index (χ2v) is 6.91. The molecule has 1 aliphatic carbocycles. The Labute approximate surface area is 142 Å². The highest BCUT2D eigenvalue weighted by Crippen LogP contribution is 2.38. The molecule has 3 rings (SSSR count). The minimum absolute atomic E-state index is 0.103. The molecule has 24 heavy (non-hydrogen) atoms. The van der Waals surface area contributed by atoms with Gasteiger partial charge >= 0.3 is 6.03 Å². The van der Waals surface area contributed by atoms with Gasteiger partial charge in [-0.05, 0) is 30.7 Å². The molecule has 5 nitrogen and oxygen atoms in total. The predicted octanol–water partition coefficient (Wildman–Crippen LogP) is 2.93. The lowest BCUT2D eigenvalue weighted by Crippen LogP contribution is -2.54. The van der Waals surface area contributed by atoms with Crippen LogP contribution in [0.2, 0.25) is 0 Å². The number of Topliss-reactive ketones (excluding diaryl/α,β-unsaturated/α-hetero) is 1. The topological polar surface area (TPSA) is 66.5 Å². The lowest BCUT2D eigenvalue weighted by Gasteiger charge is -2.36. The largest absolute Gasteiger partial charge is 0.325 e. The van der Waals surface area contributed by atoms with Crippen molar-refractivity contribution in [2.75, 3.05) is 6.54 Å². The van der Waals surface area contributed by atoms with E-state index in [1.54, 1.807) is 12.1 Å². The van der Waals surface area contributed by atoms with Crippen molar-refractivity contribution in [1.82, 2.24) is 10.2 Å². The summed E-state index contributed by atoms with van der Waals surface area (Å²) in [6.45, 7) is 3.87. The summed E-state index contributed by atoms with van der Waals surface area (Å²) in [5.41, 5.74) is 0.878. The molecule has 5 heteroatoms. The van der Waals surface area contributed by atoms with Crippen molar-refractivity contribution >= 4 is 17.7 Å². The number of benzene rings is 1. The molecule has 0 unspecified atom stereocenters. The number of ketones is 1. The van der Waals surface area contributed by atoms with Gasteiger partial charge in [0.05, 0.1) is 6.54 Å². The molecule has 1 aliphatic heterocycles. The normalized spacial score (nSPS) is 26.8. The molecule has 1 saturated carbocycles. The van der Waals surface area contributed by atoms with Gasteiger partial charge in [-0.2, -0.15) is 0 Å². The number of nitrogens with zero attached hydrogens (tertiary/aromatic N) is 1. The number of nitrogens with one attached hydrogen (secondary N) is 1. The number of imide groups is 1. The molecule has 0 radical (unpaired) electrons. The first-order valence-electron chi connectivity index (χ1n) is 8.74. The van der Waals surface area contributed by atoms with E-state index in [2.05, 4.69) is 12.2 Å². The third-order valence-electron chi connectivity index (χ3n) is 5.49. The summed E-state index contributed by atoms with van der Waals surface area (Å²) < 4.78 is 0. The van der Waals surface area contributed by atoms with Crippen LogP contribution in [-0.4, -0.2) is 34.7 Å². The fraction of sp³-hybridized carbons (Fsp3) is 0.526. The summed E-state index contributed by atoms with van der Waals surface area (Å²) in [6.07, 6.45) is 4.49. The molecule has 1 heterocycles. The average Bonchev–Trinajstić information content (AvgIpc) is 2.82. The molecule has 2 aliphatic rings. The van der Waals surface area contributed by atoms with E-state index in [0.717, 1.165) is 36.1 Å². The van der Waals surface area contributed by atoms with Crippen molar-refractivity contribution in [1.29, 1.82) is 0 Å². The van der Waals surface area contributed by atoms with E-state index in [1.165, 1.54) is 0 Å². The molecule has 128 valence electrons. The molecule has 3 amide bonds. The van der Waals surface area contributed by atoms with Crippen molar-refractivity contribution in [3.63, 3.8) is 0 Å². The fourth-order valence-electron chi connectivity index (χ4n) is 3.80. The maximum Gasteiger partial charge on any atom is 0.325 e. The van der Waals surface area contributed by atoms with Crippen LogP contribution in [0.15, 0.2) is 24.3 Å². The molecule has 1 spiro atoms. The first kappa shape index (κ1) is 16.7. The van der Waals surface area contributed by atoms with Gasteiger partial charge in [-0.25, -0.2) is 4.79 Å². The van der Waals surface area contributed by atoms with Crippen LogP contribution in [-0.2, 0) is 11.2 Å². The van der Waals surface area contributed by atoms with E-state index in [9.17, 15) is 14.4 Å². The van der Waals surface area contributed by atoms with Gasteiger partial charge in [-0.3, -0.25) is 14.5 Å². The standard InChI is InChI=1S/C19H24N2O3/c1-3-14-7-9-15(10-8-14)16(22)12-21-17(23)19(20-18(21)24)11-5-4-6-13(19)2/h7-10,13H,3-6,11-12H2,1-2H3,(H,20,24)/t13-,19+/m0/s1. The zero-order valence-electron chi connectivity index (χ0n) is 14.3. The van der Waals surface area contributed by atoms with E-state index in [1.807, 2.05) is 19.1 Å². The van der Waals surface area contributed by atoms with Crippen LogP contribution >= 0.6 is 0 Å². The Morgan fingerprint density at radius 3 is 2.58 bits per heavy atom. The first-order valence-corrected chi connectivity index (χ1v) is 8.74. The van der Waals surface area contributed by atoms with Gasteiger partial charge in [0.25, 0.3) is 5.91 Å². The van der Waals surface area contributed by atoms with Crippen LogP contribution in [0.1, 0.15) is 55.5 Å². The van der Waals surface area contributed by atoms with Crippen LogP contribution in [0.4, 0.5) is 4.79 Å². The summed E-state index contributed by atoms with van der Waals surface area (Å²) in [6, 6.07) is 6.90. The number of urea groups is 1. The number of hydrogen-bond donors (Lipinski definition) is 1. The molecule has 2 fully saturated rings. The van der Waals surface area contributed by atoms with E-state index in [0.29, 0.717) is 12.0 Å². The Morgan fingerprint density at radius 2 is 1.96 bits per heavy atom. The molecular formula is C19H24N2O3. The monoisotopic (exact) mass is 328 g/mol. The maximum absolute atomic E-state index is 12.9. The van der Waals surface area contributed by atoms with Crippen LogP contribution < -0.4 is 5.32 Å². The third kappa shape index (κ3) is 2.72. The van der Waals surface area contributed by atoms with E-state index in [-0.39, 0.29) is 24.2 Å². The lowest BCUT2D eigenvalue weighted by molar-refractivity contribution is -0.133. The van der Waals surface area contributed by atoms with Crippen molar-refractivity contribution in [3.8, 4) is 0 Å². The van der Waals surface area contributed by atoms with Crippen LogP contribution in [0.3, 0.4) is 0 Å². The Kier molecular flexibility index (Phi) is 4.43. The summed E-state index contributed by atoms with van der Waals surface area (Å²) >= 11 is 0. The molecule has 0 aromatic heterocycles. The van der Waals surface area contributed by atoms with E-state index < -0.39 is 11.6 Å². The third-order valence-corrected chi connectivity index (χ3v) is 5.49. The number of rotatable bonds is 4. The van der Waals surface area contributed by atoms with Gasteiger partial charge in [0.2, 0.25) is 0 Å². The minimum atomic E-state index is -0.804. The van der Waals surface area contributed by atoms with Gasteiger partial charge in [0.15, 0.2) is 5.78 Å². The van der Waals surface area contributed by atoms with Crippen molar-refractivity contribution in [2.45, 2.75) is 51.5 Å². The number of carbonyl (C=O) groups excluding carboxylic acids is 3. The number of aryl methyl sites for hydroxylation is 1. The van der Waals surface area contributed by atoms with Gasteiger partial charge in [0.1, 0.15) is 5.54 Å². The van der Waals surface area contributed by atoms with Gasteiger partial charge < -0.3 is 5.32 Å². The van der Waals surface area contributed by atoms with Gasteiger partial charge in [0, 0.05) is 5.56 Å². The second kappa shape index (κ2) is 6.38. The van der Waals surface area contributed by atoms with E-state index in [4.69, 9.17) is 0 Å². The molecule has 2 atom stereocenters. The van der Waals surface area contributed by atoms with Gasteiger partial charge in [-0.1, -0.05) is 51.0 Å². The number of amides is 3. The van der Waals surface area contributed by atoms with Crippen molar-refractivity contribution in [3.05, 3.63) is 35.4 Å². The maximum atomic E-state index is 12.9. The zero-order chi connectivity index (χ0) is 17.3. The highest BCUT2D eigenvalue weighted by Gasteiger charge is 2.55. The van der Waals surface area contributed by atoms with Crippen molar-refractivity contribution in [2.24, 2.45) is 5.92 Å². The van der Waals surface area contributed by atoms with E-state index >= 15 is 0 Å². The molecule has 0 bridgehead atoms. The second-order valence-electron chi connectivity index (χ2n) is 6.91. The molecular weight excluding hydrogens is 304 g/mol. The Balaban J connectivity index is 1.76.